The molecule has 0 saturated carbocycles. The van der Waals surface area contributed by atoms with Crippen molar-refractivity contribution in [2.75, 3.05) is 6.54 Å². The van der Waals surface area contributed by atoms with Gasteiger partial charge in [-0.05, 0) is 17.4 Å². The Bertz CT molecular complexity index is 208. The summed E-state index contributed by atoms with van der Waals surface area (Å²) in [4.78, 5) is 3.99. The Balaban J connectivity index is 2.58. The largest absolute Gasteiger partial charge is 0.289 e. The topological polar surface area (TPSA) is 12.4 Å². The molecule has 0 aromatic carbocycles. The number of allylic oxidation sites excluding steroid dienone is 1. The second kappa shape index (κ2) is 2.57. The first-order valence-corrected chi connectivity index (χ1v) is 3.69. The van der Waals surface area contributed by atoms with E-state index in [1.807, 2.05) is 6.08 Å². The highest BCUT2D eigenvalue weighted by Crippen LogP contribution is 2.23. The van der Waals surface area contributed by atoms with E-state index < -0.39 is 0 Å². The van der Waals surface area contributed by atoms with Crippen LogP contribution in [0.3, 0.4) is 0 Å². The van der Waals surface area contributed by atoms with Crippen molar-refractivity contribution in [1.82, 2.24) is 0 Å². The summed E-state index contributed by atoms with van der Waals surface area (Å²) in [6.45, 7) is 7.25. The summed E-state index contributed by atoms with van der Waals surface area (Å²) in [7, 11) is 0. The van der Waals surface area contributed by atoms with Crippen molar-refractivity contribution in [2.45, 2.75) is 27.2 Å². The van der Waals surface area contributed by atoms with Crippen molar-refractivity contribution in [3.8, 4) is 0 Å². The number of hydrogen-bond donors (Lipinski definition) is 0. The van der Waals surface area contributed by atoms with E-state index in [4.69, 9.17) is 1.37 Å². The summed E-state index contributed by atoms with van der Waals surface area (Å²) in [5.74, 6) is 0. The smallest absolute Gasteiger partial charge is 0.0838 e. The van der Waals surface area contributed by atoms with Crippen LogP contribution in [-0.2, 0) is 0 Å². The molecule has 0 N–H and O–H groups in total. The second-order valence-electron chi connectivity index (χ2n) is 3.92. The number of aliphatic imine (C=N–C) groups is 1. The monoisotopic (exact) mass is 139 g/mol. The van der Waals surface area contributed by atoms with E-state index in [9.17, 15) is 0 Å². The van der Waals surface area contributed by atoms with Crippen LogP contribution in [0.25, 0.3) is 0 Å². The van der Waals surface area contributed by atoms with Gasteiger partial charge >= 0.3 is 0 Å². The molecule has 0 spiro atoms. The molecule has 1 heteroatoms. The molecule has 0 amide bonds. The van der Waals surface area contributed by atoms with Gasteiger partial charge in [-0.3, -0.25) is 4.99 Å². The molecule has 0 bridgehead atoms. The van der Waals surface area contributed by atoms with Crippen LogP contribution in [0.1, 0.15) is 28.6 Å². The average Bonchev–Trinajstić information content (AvgIpc) is 2.12. The fourth-order valence-corrected chi connectivity index (χ4v) is 1.03. The highest BCUT2D eigenvalue weighted by molar-refractivity contribution is 5.80. The van der Waals surface area contributed by atoms with Crippen molar-refractivity contribution >= 4 is 6.19 Å². The molecule has 56 valence electrons. The molecule has 1 aliphatic heterocycles. The van der Waals surface area contributed by atoms with Gasteiger partial charge in [0, 0.05) is 6.19 Å². The minimum absolute atomic E-state index is 0.276. The van der Waals surface area contributed by atoms with Gasteiger partial charge < -0.3 is 0 Å². The van der Waals surface area contributed by atoms with Gasteiger partial charge in [0.05, 0.1) is 7.92 Å². The van der Waals surface area contributed by atoms with Crippen LogP contribution in [0.2, 0.25) is 0 Å². The zero-order valence-electron chi connectivity index (χ0n) is 7.94. The predicted molar refractivity (Wildman–Crippen MR) is 45.5 cm³/mol. The van der Waals surface area contributed by atoms with Gasteiger partial charge in [0.1, 0.15) is 0 Å². The molecule has 1 rings (SSSR count). The third kappa shape index (κ3) is 2.34. The van der Waals surface area contributed by atoms with Crippen LogP contribution in [0.15, 0.2) is 16.6 Å². The second-order valence-corrected chi connectivity index (χ2v) is 3.92. The molecular formula is C9H15N. The summed E-state index contributed by atoms with van der Waals surface area (Å²) in [6, 6.07) is 0. The Morgan fingerprint density at radius 2 is 2.40 bits per heavy atom. The third-order valence-electron chi connectivity index (χ3n) is 1.37. The minimum atomic E-state index is 0.276. The normalized spacial score (nSPS) is 20.1. The van der Waals surface area contributed by atoms with Crippen LogP contribution in [0.4, 0.5) is 0 Å². The zero-order valence-corrected chi connectivity index (χ0v) is 6.94. The van der Waals surface area contributed by atoms with Gasteiger partial charge in [-0.2, -0.15) is 0 Å². The van der Waals surface area contributed by atoms with Crippen molar-refractivity contribution in [3.63, 3.8) is 0 Å². The van der Waals surface area contributed by atoms with Gasteiger partial charge in [-0.25, -0.2) is 0 Å². The van der Waals surface area contributed by atoms with Gasteiger partial charge in [0.15, 0.2) is 0 Å². The number of rotatable bonds is 1. The van der Waals surface area contributed by atoms with E-state index in [1.54, 1.807) is 0 Å². The summed E-state index contributed by atoms with van der Waals surface area (Å²) in [6.07, 6.45) is 3.50. The van der Waals surface area contributed by atoms with Gasteiger partial charge in [-0.15, -0.1) is 0 Å². The van der Waals surface area contributed by atoms with Crippen molar-refractivity contribution in [2.24, 2.45) is 10.4 Å². The van der Waals surface area contributed by atoms with Gasteiger partial charge in [-0.1, -0.05) is 26.8 Å². The van der Waals surface area contributed by atoms with Crippen molar-refractivity contribution in [3.05, 3.63) is 11.6 Å². The van der Waals surface area contributed by atoms with E-state index >= 15 is 0 Å². The van der Waals surface area contributed by atoms with E-state index in [2.05, 4.69) is 25.8 Å². The third-order valence-corrected chi connectivity index (χ3v) is 1.37. The van der Waals surface area contributed by atoms with Crippen LogP contribution < -0.4 is 0 Å². The first-order chi connectivity index (χ1) is 4.99. The molecule has 0 aliphatic carbocycles. The molecule has 1 heterocycles. The first-order valence-electron chi connectivity index (χ1n) is 4.19. The molecule has 0 radical (unpaired) electrons. The van der Waals surface area contributed by atoms with Gasteiger partial charge in [0.25, 0.3) is 0 Å². The van der Waals surface area contributed by atoms with Crippen LogP contribution in [0.5, 0.6) is 0 Å². The standard InChI is InChI=1S/C9H15N/c1-9(2,3)6-8-4-5-10-7-8/h4,7H,5-6H2,1-3H3/i7T. The Hall–Kier alpha value is -0.590. The maximum atomic E-state index is 7.45. The van der Waals surface area contributed by atoms with Crippen LogP contribution in [-0.4, -0.2) is 12.7 Å². The van der Waals surface area contributed by atoms with Crippen LogP contribution >= 0.6 is 0 Å². The molecular weight excluding hydrogens is 122 g/mol. The lowest BCUT2D eigenvalue weighted by Crippen LogP contribution is -2.05. The maximum Gasteiger partial charge on any atom is 0.0838 e. The number of nitrogens with zero attached hydrogens (tertiary/aromatic N) is 1. The highest BCUT2D eigenvalue weighted by Gasteiger charge is 2.12. The fourth-order valence-electron chi connectivity index (χ4n) is 1.03. The molecule has 0 atom stereocenters. The summed E-state index contributed by atoms with van der Waals surface area (Å²) < 4.78 is 7.45. The summed E-state index contributed by atoms with van der Waals surface area (Å²) in [5.41, 5.74) is 1.38. The number of hydrogen-bond acceptors (Lipinski definition) is 1. The molecule has 0 fully saturated rings. The SMILES string of the molecule is [3H]C1=NCC=C1CC(C)(C)C. The Morgan fingerprint density at radius 1 is 1.70 bits per heavy atom. The Kier molecular flexibility index (Phi) is 1.58. The quantitative estimate of drug-likeness (QED) is 0.529. The van der Waals surface area contributed by atoms with E-state index in [1.165, 1.54) is 0 Å². The van der Waals surface area contributed by atoms with E-state index in [0.717, 1.165) is 12.0 Å². The Morgan fingerprint density at radius 3 is 2.80 bits per heavy atom. The lowest BCUT2D eigenvalue weighted by molar-refractivity contribution is 0.416. The lowest BCUT2D eigenvalue weighted by atomic mass is 9.88. The van der Waals surface area contributed by atoms with Crippen molar-refractivity contribution < 1.29 is 1.37 Å². The zero-order chi connectivity index (χ0) is 8.48. The van der Waals surface area contributed by atoms with Gasteiger partial charge in [0.2, 0.25) is 0 Å². The molecule has 0 aromatic heterocycles. The van der Waals surface area contributed by atoms with Crippen LogP contribution in [0, 0.1) is 5.41 Å². The molecule has 1 aliphatic rings. The van der Waals surface area contributed by atoms with E-state index in [-0.39, 0.29) is 5.41 Å². The molecule has 10 heavy (non-hydrogen) atoms. The summed E-state index contributed by atoms with van der Waals surface area (Å²) in [5, 5.41) is 0. The van der Waals surface area contributed by atoms with Crippen molar-refractivity contribution in [1.29, 1.82) is 0 Å². The first kappa shape index (κ1) is 6.14. The highest BCUT2D eigenvalue weighted by atomic mass is 14.7. The predicted octanol–water partition coefficient (Wildman–Crippen LogP) is 2.43. The molecule has 0 unspecified atom stereocenters. The summed E-state index contributed by atoms with van der Waals surface area (Å²) >= 11 is 0. The maximum absolute atomic E-state index is 7.45. The minimum Gasteiger partial charge on any atom is -0.289 e. The van der Waals surface area contributed by atoms with E-state index in [0.29, 0.717) is 12.7 Å². The lowest BCUT2D eigenvalue weighted by Gasteiger charge is -2.17. The molecule has 1 nitrogen and oxygen atoms in total. The Labute approximate surface area is 64.3 Å². The molecule has 0 saturated heterocycles. The fraction of sp³-hybridized carbons (Fsp3) is 0.667. The molecule has 0 aromatic rings. The average molecular weight is 139 g/mol.